The summed E-state index contributed by atoms with van der Waals surface area (Å²) in [6.07, 6.45) is 2.19. The van der Waals surface area contributed by atoms with Gasteiger partial charge in [-0.3, -0.25) is 4.79 Å². The van der Waals surface area contributed by atoms with Gasteiger partial charge in [0.2, 0.25) is 0 Å². The maximum atomic E-state index is 13.0. The Bertz CT molecular complexity index is 978. The molecule has 0 saturated carbocycles. The molecule has 2 aromatic rings. The van der Waals surface area contributed by atoms with Gasteiger partial charge < -0.3 is 9.84 Å². The zero-order valence-electron chi connectivity index (χ0n) is 15.0. The number of carboxylic acids is 1. The average molecular weight is 360 g/mol. The van der Waals surface area contributed by atoms with Gasteiger partial charge in [-0.05, 0) is 44.5 Å². The topological polar surface area (TPSA) is 81.4 Å². The first kappa shape index (κ1) is 19.4. The fourth-order valence-corrected chi connectivity index (χ4v) is 2.58. The summed E-state index contributed by atoms with van der Waals surface area (Å²) < 4.78 is 18.4. The Hall–Kier alpha value is -2.96. The molecule has 0 radical (unpaired) electrons. The fourth-order valence-electron chi connectivity index (χ4n) is 2.58. The van der Waals surface area contributed by atoms with E-state index in [0.717, 1.165) is 10.3 Å². The summed E-state index contributed by atoms with van der Waals surface area (Å²) in [5, 5.41) is 14.2. The van der Waals surface area contributed by atoms with Crippen molar-refractivity contribution >= 4 is 17.6 Å². The number of ether oxygens (including phenoxy) is 1. The zero-order chi connectivity index (χ0) is 19.3. The number of rotatable bonds is 6. The van der Waals surface area contributed by atoms with Gasteiger partial charge in [0.25, 0.3) is 5.56 Å². The van der Waals surface area contributed by atoms with Crippen molar-refractivity contribution in [2.24, 2.45) is 0 Å². The summed E-state index contributed by atoms with van der Waals surface area (Å²) in [6, 6.07) is 6.31. The molecule has 1 aromatic carbocycles. The number of hydrogen-bond donors (Lipinski definition) is 1. The molecule has 0 saturated heterocycles. The Morgan fingerprint density at radius 3 is 2.50 bits per heavy atom. The van der Waals surface area contributed by atoms with E-state index in [-0.39, 0.29) is 17.9 Å². The highest BCUT2D eigenvalue weighted by Gasteiger charge is 2.15. The van der Waals surface area contributed by atoms with Crippen LogP contribution in [-0.2, 0) is 0 Å². The molecule has 2 rings (SSSR count). The Balaban J connectivity index is 2.77. The summed E-state index contributed by atoms with van der Waals surface area (Å²) in [5.74, 6) is -0.757. The number of carbonyl (C=O) groups is 1. The Labute approximate surface area is 149 Å². The fraction of sp³-hybridized carbons (Fsp3) is 0.316. The molecule has 0 bridgehead atoms. The Morgan fingerprint density at radius 2 is 2.00 bits per heavy atom. The molecule has 7 heteroatoms. The molecule has 26 heavy (non-hydrogen) atoms. The number of halogens is 1. The van der Waals surface area contributed by atoms with Crippen LogP contribution < -0.4 is 20.7 Å². The summed E-state index contributed by atoms with van der Waals surface area (Å²) in [5.41, 5.74) is 0.607. The van der Waals surface area contributed by atoms with Crippen molar-refractivity contribution in [3.05, 3.63) is 50.8 Å². The number of benzene rings is 1. The van der Waals surface area contributed by atoms with Gasteiger partial charge in [0.1, 0.15) is 19.0 Å². The lowest BCUT2D eigenvalue weighted by Crippen LogP contribution is -2.50. The van der Waals surface area contributed by atoms with Crippen molar-refractivity contribution in [2.45, 2.75) is 27.2 Å². The molecule has 1 N–H and O–H groups in total. The second-order valence-corrected chi connectivity index (χ2v) is 5.61. The van der Waals surface area contributed by atoms with Crippen molar-refractivity contribution in [1.29, 1.82) is 0 Å². The van der Waals surface area contributed by atoms with Crippen LogP contribution in [-0.4, -0.2) is 34.1 Å². The van der Waals surface area contributed by atoms with Crippen molar-refractivity contribution in [3.63, 3.8) is 0 Å². The van der Waals surface area contributed by atoms with Gasteiger partial charge in [-0.15, -0.1) is 0 Å². The molecule has 0 unspecified atom stereocenters. The minimum Gasteiger partial charge on any atom is -0.491 e. The molecule has 0 fully saturated rings. The van der Waals surface area contributed by atoms with Gasteiger partial charge in [-0.2, -0.15) is 9.78 Å². The van der Waals surface area contributed by atoms with E-state index < -0.39 is 12.6 Å². The van der Waals surface area contributed by atoms with E-state index in [2.05, 4.69) is 5.10 Å². The number of alkyl halides is 1. The Morgan fingerprint density at radius 1 is 1.35 bits per heavy atom. The molecule has 0 atom stereocenters. The quantitative estimate of drug-likeness (QED) is 0.847. The molecule has 0 aliphatic carbocycles. The van der Waals surface area contributed by atoms with Crippen LogP contribution >= 0.6 is 0 Å². The number of nitrogens with zero attached hydrogens (tertiary/aromatic N) is 2. The number of aromatic carboxylic acids is 1. The van der Waals surface area contributed by atoms with Gasteiger partial charge in [0.05, 0.1) is 10.9 Å². The smallest absolute Gasteiger partial charge is 0.357 e. The van der Waals surface area contributed by atoms with Crippen LogP contribution in [0.25, 0.3) is 17.3 Å². The van der Waals surface area contributed by atoms with E-state index in [4.69, 9.17) is 4.74 Å². The van der Waals surface area contributed by atoms with Gasteiger partial charge in [-0.25, -0.2) is 9.18 Å². The highest BCUT2D eigenvalue weighted by atomic mass is 19.1. The SMILES string of the molecule is CC=c1c(C(=O)O)nn(-c2ccc(OCCF)cc2)c(=O)c1=C(C)CC. The molecule has 0 aliphatic heterocycles. The van der Waals surface area contributed by atoms with Crippen molar-refractivity contribution in [3.8, 4) is 11.4 Å². The monoisotopic (exact) mass is 360 g/mol. The third-order valence-electron chi connectivity index (χ3n) is 4.01. The molecular weight excluding hydrogens is 339 g/mol. The summed E-state index contributed by atoms with van der Waals surface area (Å²) >= 11 is 0. The summed E-state index contributed by atoms with van der Waals surface area (Å²) in [4.78, 5) is 24.6. The van der Waals surface area contributed by atoms with Crippen LogP contribution in [0.2, 0.25) is 0 Å². The van der Waals surface area contributed by atoms with Crippen LogP contribution in [0.3, 0.4) is 0 Å². The van der Waals surface area contributed by atoms with Gasteiger partial charge >= 0.3 is 5.97 Å². The molecule has 138 valence electrons. The predicted molar refractivity (Wildman–Crippen MR) is 97.0 cm³/mol. The molecule has 1 aromatic heterocycles. The lowest BCUT2D eigenvalue weighted by molar-refractivity contribution is 0.0686. The third kappa shape index (κ3) is 3.82. The highest BCUT2D eigenvalue weighted by Crippen LogP contribution is 2.13. The minimum atomic E-state index is -1.21. The first-order chi connectivity index (χ1) is 12.4. The maximum absolute atomic E-state index is 13.0. The van der Waals surface area contributed by atoms with Crippen LogP contribution in [0.15, 0.2) is 29.1 Å². The predicted octanol–water partition coefficient (Wildman–Crippen LogP) is 1.66. The van der Waals surface area contributed by atoms with Gasteiger partial charge in [0, 0.05) is 5.22 Å². The largest absolute Gasteiger partial charge is 0.491 e. The zero-order valence-corrected chi connectivity index (χ0v) is 15.0. The third-order valence-corrected chi connectivity index (χ3v) is 4.01. The number of hydrogen-bond acceptors (Lipinski definition) is 4. The van der Waals surface area contributed by atoms with E-state index in [9.17, 15) is 19.1 Å². The molecule has 1 heterocycles. The minimum absolute atomic E-state index is 0.0590. The maximum Gasteiger partial charge on any atom is 0.357 e. The molecule has 0 aliphatic rings. The van der Waals surface area contributed by atoms with E-state index in [1.54, 1.807) is 44.2 Å². The van der Waals surface area contributed by atoms with Crippen molar-refractivity contribution in [1.82, 2.24) is 9.78 Å². The van der Waals surface area contributed by atoms with E-state index in [1.807, 2.05) is 6.92 Å². The summed E-state index contributed by atoms with van der Waals surface area (Å²) in [7, 11) is 0. The Kier molecular flexibility index (Phi) is 6.27. The highest BCUT2D eigenvalue weighted by molar-refractivity contribution is 5.85. The lowest BCUT2D eigenvalue weighted by atomic mass is 10.1. The standard InChI is InChI=1S/C19H21FN2O4/c1-4-12(3)16-15(5-2)17(19(24)25)21-22(18(16)23)13-6-8-14(9-7-13)26-11-10-20/h5-9H,4,10-11H2,1-3H3,(H,24,25). The molecule has 6 nitrogen and oxygen atoms in total. The van der Waals surface area contributed by atoms with E-state index >= 15 is 0 Å². The van der Waals surface area contributed by atoms with Crippen LogP contribution in [0.4, 0.5) is 4.39 Å². The van der Waals surface area contributed by atoms with Gasteiger partial charge in [0.15, 0.2) is 5.69 Å². The normalized spacial score (nSPS) is 12.8. The summed E-state index contributed by atoms with van der Waals surface area (Å²) in [6.45, 7) is 4.71. The van der Waals surface area contributed by atoms with Crippen molar-refractivity contribution in [2.75, 3.05) is 13.3 Å². The van der Waals surface area contributed by atoms with E-state index in [1.165, 1.54) is 0 Å². The van der Waals surface area contributed by atoms with Crippen LogP contribution in [0.5, 0.6) is 5.75 Å². The second kappa shape index (κ2) is 8.42. The average Bonchev–Trinajstić information content (AvgIpc) is 2.65. The molecule has 0 amide bonds. The van der Waals surface area contributed by atoms with Crippen LogP contribution in [0.1, 0.15) is 37.7 Å². The first-order valence-electron chi connectivity index (χ1n) is 8.26. The lowest BCUT2D eigenvalue weighted by Gasteiger charge is -2.10. The first-order valence-corrected chi connectivity index (χ1v) is 8.26. The number of carboxylic acid groups (broad SMARTS) is 1. The van der Waals surface area contributed by atoms with E-state index in [0.29, 0.717) is 28.3 Å². The second-order valence-electron chi connectivity index (χ2n) is 5.61. The van der Waals surface area contributed by atoms with Crippen LogP contribution in [0, 0.1) is 0 Å². The molecular formula is C19H21FN2O4. The van der Waals surface area contributed by atoms with Crippen molar-refractivity contribution < 1.29 is 19.0 Å². The molecule has 0 spiro atoms. The number of aromatic nitrogens is 2. The van der Waals surface area contributed by atoms with Gasteiger partial charge in [-0.1, -0.05) is 18.6 Å².